The maximum Gasteiger partial charge on any atom is 0.407 e. The molecule has 0 saturated carbocycles. The standard InChI is InChI=1S/C42H46N8O8/c1-55-41(53)47-35(28-19-57-20-28)39(51)49-13-3-5-33(49)37-43-18-32(46-37)27-10-9-23-15-24(7-8-25(23)16-27)26-11-12-30-31(17-26)45-38(44-30)34-6-4-14-50(34)40(52)36(29-21-58-22-29)48-42(54)56-2/h7-12,15-18,28-29,33-36H,3-6,13-14,19-22H2,1-2H3,(H,43,46)(H,44,45)(H,47,53)(H,48,54). The van der Waals surface area contributed by atoms with Crippen molar-refractivity contribution in [3.8, 4) is 22.4 Å². The van der Waals surface area contributed by atoms with Crippen LogP contribution in [0.1, 0.15) is 49.4 Å². The van der Waals surface area contributed by atoms with Crippen molar-refractivity contribution in [3.05, 3.63) is 72.4 Å². The molecule has 4 amide bonds. The highest BCUT2D eigenvalue weighted by atomic mass is 16.5. The molecule has 4 aliphatic rings. The van der Waals surface area contributed by atoms with Gasteiger partial charge in [0.15, 0.2) is 0 Å². The van der Waals surface area contributed by atoms with Crippen LogP contribution >= 0.6 is 0 Å². The molecule has 3 aromatic carbocycles. The number of carbonyl (C=O) groups excluding carboxylic acids is 4. The summed E-state index contributed by atoms with van der Waals surface area (Å²) in [6, 6.07) is 16.9. The fraction of sp³-hybridized carbons (Fsp3) is 0.429. The van der Waals surface area contributed by atoms with Gasteiger partial charge < -0.3 is 49.3 Å². The van der Waals surface area contributed by atoms with Crippen molar-refractivity contribution in [3.63, 3.8) is 0 Å². The van der Waals surface area contributed by atoms with Gasteiger partial charge in [0.2, 0.25) is 11.8 Å². The minimum atomic E-state index is -0.719. The summed E-state index contributed by atoms with van der Waals surface area (Å²) in [5.41, 5.74) is 5.61. The first-order valence-electron chi connectivity index (χ1n) is 19.8. The van der Waals surface area contributed by atoms with Crippen molar-refractivity contribution in [1.82, 2.24) is 40.4 Å². The molecule has 6 heterocycles. The second-order valence-corrected chi connectivity index (χ2v) is 15.5. The Kier molecular flexibility index (Phi) is 10.2. The van der Waals surface area contributed by atoms with Gasteiger partial charge in [0.05, 0.1) is 75.7 Å². The minimum absolute atomic E-state index is 0.0999. The Morgan fingerprint density at radius 1 is 0.707 bits per heavy atom. The number of nitrogens with one attached hydrogen (secondary N) is 4. The summed E-state index contributed by atoms with van der Waals surface area (Å²) in [6.45, 7) is 2.81. The normalized spacial score (nSPS) is 20.7. The number of nitrogens with zero attached hydrogens (tertiary/aromatic N) is 4. The number of fused-ring (bicyclic) bond motifs is 2. The van der Waals surface area contributed by atoms with E-state index in [0.717, 1.165) is 75.7 Å². The molecule has 4 N–H and O–H groups in total. The third-order valence-corrected chi connectivity index (χ3v) is 12.0. The molecule has 0 aliphatic carbocycles. The number of ether oxygens (including phenoxy) is 4. The maximum absolute atomic E-state index is 13.8. The van der Waals surface area contributed by atoms with E-state index in [2.05, 4.69) is 69.1 Å². The van der Waals surface area contributed by atoms with Crippen molar-refractivity contribution in [2.45, 2.75) is 49.9 Å². The Morgan fingerprint density at radius 3 is 1.81 bits per heavy atom. The molecule has 58 heavy (non-hydrogen) atoms. The highest BCUT2D eigenvalue weighted by Gasteiger charge is 2.43. The van der Waals surface area contributed by atoms with Gasteiger partial charge in [-0.1, -0.05) is 30.3 Å². The van der Waals surface area contributed by atoms with Crippen LogP contribution in [0.2, 0.25) is 0 Å². The van der Waals surface area contributed by atoms with Crippen LogP contribution in [0, 0.1) is 11.8 Å². The monoisotopic (exact) mass is 790 g/mol. The topological polar surface area (TPSA) is 193 Å². The lowest BCUT2D eigenvalue weighted by Gasteiger charge is -2.36. The molecule has 16 nitrogen and oxygen atoms in total. The van der Waals surface area contributed by atoms with Crippen molar-refractivity contribution in [2.75, 3.05) is 53.7 Å². The molecular weight excluding hydrogens is 745 g/mol. The molecule has 302 valence electrons. The number of rotatable bonds is 10. The predicted molar refractivity (Wildman–Crippen MR) is 211 cm³/mol. The molecule has 4 aliphatic heterocycles. The van der Waals surface area contributed by atoms with Crippen LogP contribution in [0.3, 0.4) is 0 Å². The van der Waals surface area contributed by atoms with Crippen molar-refractivity contribution < 1.29 is 38.1 Å². The third kappa shape index (κ3) is 7.10. The van der Waals surface area contributed by atoms with E-state index >= 15 is 0 Å². The number of alkyl carbamates (subject to hydrolysis) is 2. The number of aromatic nitrogens is 4. The van der Waals surface area contributed by atoms with Gasteiger partial charge in [0.25, 0.3) is 0 Å². The van der Waals surface area contributed by atoms with Crippen molar-refractivity contribution in [1.29, 1.82) is 0 Å². The zero-order valence-electron chi connectivity index (χ0n) is 32.4. The quantitative estimate of drug-likeness (QED) is 0.152. The lowest BCUT2D eigenvalue weighted by atomic mass is 9.96. The molecule has 16 heteroatoms. The van der Waals surface area contributed by atoms with Crippen molar-refractivity contribution >= 4 is 45.8 Å². The third-order valence-electron chi connectivity index (χ3n) is 12.0. The number of hydrogen-bond donors (Lipinski definition) is 4. The molecule has 0 bridgehead atoms. The number of benzene rings is 3. The number of hydrogen-bond acceptors (Lipinski definition) is 10. The maximum atomic E-state index is 13.8. The minimum Gasteiger partial charge on any atom is -0.453 e. The van der Waals surface area contributed by atoms with Gasteiger partial charge >= 0.3 is 12.2 Å². The SMILES string of the molecule is COC(=O)NC(C(=O)N1CCCC1c1ncc(-c2ccc3cc(-c4ccc5nc(C6CCCN6C(=O)C(NC(=O)OC)C6COC6)[nH]c5c4)ccc3c2)[nH]1)C1COC1. The molecule has 0 radical (unpaired) electrons. The van der Waals surface area contributed by atoms with E-state index < -0.39 is 24.3 Å². The second-order valence-electron chi connectivity index (χ2n) is 15.5. The van der Waals surface area contributed by atoms with Gasteiger partial charge in [-0.2, -0.15) is 0 Å². The van der Waals surface area contributed by atoms with E-state index in [4.69, 9.17) is 28.9 Å². The number of likely N-dealkylation sites (tertiary alicyclic amines) is 2. The lowest BCUT2D eigenvalue weighted by molar-refractivity contribution is -0.142. The van der Waals surface area contributed by atoms with Crippen LogP contribution in [0.5, 0.6) is 0 Å². The van der Waals surface area contributed by atoms with Gasteiger partial charge in [0.1, 0.15) is 23.7 Å². The van der Waals surface area contributed by atoms with E-state index in [1.165, 1.54) is 14.2 Å². The fourth-order valence-electron chi connectivity index (χ4n) is 8.63. The first kappa shape index (κ1) is 37.6. The summed E-state index contributed by atoms with van der Waals surface area (Å²) in [5.74, 6) is 0.934. The smallest absolute Gasteiger partial charge is 0.407 e. The Bertz CT molecular complexity index is 2370. The Morgan fingerprint density at radius 2 is 1.24 bits per heavy atom. The van der Waals surface area contributed by atoms with Gasteiger partial charge in [-0.05, 0) is 71.8 Å². The summed E-state index contributed by atoms with van der Waals surface area (Å²) >= 11 is 0. The Hall–Kier alpha value is -6.00. The van der Waals surface area contributed by atoms with Crippen LogP contribution < -0.4 is 10.6 Å². The fourth-order valence-corrected chi connectivity index (χ4v) is 8.63. The summed E-state index contributed by atoms with van der Waals surface area (Å²) in [5, 5.41) is 7.60. The van der Waals surface area contributed by atoms with Gasteiger partial charge in [-0.15, -0.1) is 0 Å². The number of amides is 4. The number of carbonyl (C=O) groups is 4. The molecule has 4 unspecified atom stereocenters. The zero-order valence-corrected chi connectivity index (χ0v) is 32.4. The Labute approximate surface area is 333 Å². The number of imidazole rings is 2. The van der Waals surface area contributed by atoms with Crippen LogP contribution in [-0.2, 0) is 28.5 Å². The van der Waals surface area contributed by atoms with Gasteiger partial charge in [-0.25, -0.2) is 19.6 Å². The van der Waals surface area contributed by atoms with E-state index in [9.17, 15) is 19.2 Å². The first-order chi connectivity index (χ1) is 28.3. The van der Waals surface area contributed by atoms with E-state index in [0.29, 0.717) is 45.3 Å². The molecule has 4 saturated heterocycles. The molecule has 9 rings (SSSR count). The highest BCUT2D eigenvalue weighted by molar-refractivity contribution is 5.92. The lowest BCUT2D eigenvalue weighted by Crippen LogP contribution is -2.56. The van der Waals surface area contributed by atoms with Gasteiger partial charge in [0, 0.05) is 30.5 Å². The van der Waals surface area contributed by atoms with Crippen molar-refractivity contribution in [2.24, 2.45) is 11.8 Å². The average Bonchev–Trinajstić information content (AvgIpc) is 4.04. The summed E-state index contributed by atoms with van der Waals surface area (Å²) in [7, 11) is 2.58. The largest absolute Gasteiger partial charge is 0.453 e. The average molecular weight is 791 g/mol. The van der Waals surface area contributed by atoms with Gasteiger partial charge in [-0.3, -0.25) is 9.59 Å². The molecular formula is C42H46N8O8. The number of methoxy groups -OCH3 is 2. The van der Waals surface area contributed by atoms with E-state index in [-0.39, 0.29) is 35.7 Å². The van der Waals surface area contributed by atoms with Crippen LogP contribution in [0.15, 0.2) is 60.8 Å². The van der Waals surface area contributed by atoms with Crippen LogP contribution in [0.25, 0.3) is 44.2 Å². The summed E-state index contributed by atoms with van der Waals surface area (Å²) in [6.07, 6.45) is 3.74. The molecule has 4 fully saturated rings. The summed E-state index contributed by atoms with van der Waals surface area (Å²) < 4.78 is 20.3. The molecule has 4 atom stereocenters. The predicted octanol–water partition coefficient (Wildman–Crippen LogP) is 4.84. The Balaban J connectivity index is 0.903. The summed E-state index contributed by atoms with van der Waals surface area (Å²) in [4.78, 5) is 71.9. The first-order valence-corrected chi connectivity index (χ1v) is 19.8. The van der Waals surface area contributed by atoms with E-state index in [1.807, 2.05) is 22.1 Å². The zero-order chi connectivity index (χ0) is 39.9. The van der Waals surface area contributed by atoms with Crippen LogP contribution in [0.4, 0.5) is 9.59 Å². The number of H-pyrrole nitrogens is 2. The van der Waals surface area contributed by atoms with Crippen LogP contribution in [-0.4, -0.2) is 120 Å². The molecule has 2 aromatic heterocycles. The second kappa shape index (κ2) is 15.7. The number of aromatic amines is 2. The molecule has 5 aromatic rings. The van der Waals surface area contributed by atoms with E-state index in [1.54, 1.807) is 0 Å². The highest BCUT2D eigenvalue weighted by Crippen LogP contribution is 2.36. The molecule has 0 spiro atoms.